The van der Waals surface area contributed by atoms with Crippen molar-refractivity contribution in [2.24, 2.45) is 0 Å². The Morgan fingerprint density at radius 2 is 1.68 bits per heavy atom. The Morgan fingerprint density at radius 1 is 1.03 bits per heavy atom. The Morgan fingerprint density at radius 3 is 2.26 bits per heavy atom. The lowest BCUT2D eigenvalue weighted by Gasteiger charge is -2.21. The van der Waals surface area contributed by atoms with Crippen LogP contribution in [0.4, 0.5) is 8.78 Å². The zero-order chi connectivity index (χ0) is 23.2. The number of nitrogens with one attached hydrogen (secondary N) is 2. The molecule has 0 fully saturated rings. The molecule has 2 aromatic carbocycles. The molecule has 0 aliphatic rings. The molecular formula is C21H25F2N3O4S. The van der Waals surface area contributed by atoms with Gasteiger partial charge in [-0.2, -0.15) is 4.31 Å². The number of nitrogens with zero attached hydrogens (tertiary/aromatic N) is 1. The number of amides is 2. The van der Waals surface area contributed by atoms with Gasteiger partial charge in [0.15, 0.2) is 0 Å². The molecule has 10 heteroatoms. The number of carbonyl (C=O) groups is 2. The molecule has 0 bridgehead atoms. The van der Waals surface area contributed by atoms with E-state index in [0.29, 0.717) is 11.6 Å². The number of halogens is 2. The fraction of sp³-hybridized carbons (Fsp3) is 0.333. The van der Waals surface area contributed by atoms with Gasteiger partial charge in [-0.05, 0) is 43.7 Å². The summed E-state index contributed by atoms with van der Waals surface area (Å²) in [6.45, 7) is 3.71. The fourth-order valence-electron chi connectivity index (χ4n) is 2.57. The van der Waals surface area contributed by atoms with Gasteiger partial charge in [-0.1, -0.05) is 12.1 Å². The first kappa shape index (κ1) is 24.4. The van der Waals surface area contributed by atoms with Crippen LogP contribution in [0.5, 0.6) is 0 Å². The van der Waals surface area contributed by atoms with Crippen molar-refractivity contribution in [3.63, 3.8) is 0 Å². The molecule has 0 aliphatic heterocycles. The van der Waals surface area contributed by atoms with Crippen molar-refractivity contribution in [2.45, 2.75) is 37.8 Å². The Hall–Kier alpha value is -2.85. The molecule has 0 heterocycles. The van der Waals surface area contributed by atoms with E-state index in [-0.39, 0.29) is 41.9 Å². The lowest BCUT2D eigenvalue weighted by Crippen LogP contribution is -2.33. The van der Waals surface area contributed by atoms with Gasteiger partial charge in [0.2, 0.25) is 15.9 Å². The van der Waals surface area contributed by atoms with Crippen molar-refractivity contribution in [2.75, 3.05) is 13.6 Å². The Bertz CT molecular complexity index is 1040. The van der Waals surface area contributed by atoms with Crippen LogP contribution >= 0.6 is 0 Å². The van der Waals surface area contributed by atoms with E-state index in [0.717, 1.165) is 12.1 Å². The lowest BCUT2D eigenvalue weighted by atomic mass is 10.2. The largest absolute Gasteiger partial charge is 0.352 e. The van der Waals surface area contributed by atoms with E-state index in [1.54, 1.807) is 26.0 Å². The number of benzene rings is 2. The van der Waals surface area contributed by atoms with Crippen molar-refractivity contribution in [1.29, 1.82) is 0 Å². The van der Waals surface area contributed by atoms with Crippen molar-refractivity contribution in [3.05, 3.63) is 65.2 Å². The van der Waals surface area contributed by atoms with Gasteiger partial charge in [-0.15, -0.1) is 0 Å². The summed E-state index contributed by atoms with van der Waals surface area (Å²) in [4.78, 5) is 24.0. The SMILES string of the molecule is CC(C)N(C)S(=O)(=O)c1ccc(CNC(=O)CCNC(=O)c2ccc(F)cc2F)cc1. The molecule has 0 atom stereocenters. The third-order valence-corrected chi connectivity index (χ3v) is 6.68. The third-order valence-electron chi connectivity index (χ3n) is 4.63. The molecule has 2 amide bonds. The number of hydrogen-bond acceptors (Lipinski definition) is 4. The average molecular weight is 454 g/mol. The Labute approximate surface area is 180 Å². The molecule has 0 saturated carbocycles. The van der Waals surface area contributed by atoms with E-state index >= 15 is 0 Å². The molecule has 2 rings (SSSR count). The van der Waals surface area contributed by atoms with Gasteiger partial charge in [0.05, 0.1) is 10.5 Å². The van der Waals surface area contributed by atoms with Gasteiger partial charge >= 0.3 is 0 Å². The first-order chi connectivity index (χ1) is 14.5. The van der Waals surface area contributed by atoms with Crippen LogP contribution in [-0.2, 0) is 21.4 Å². The molecule has 7 nitrogen and oxygen atoms in total. The minimum Gasteiger partial charge on any atom is -0.352 e. The zero-order valence-corrected chi connectivity index (χ0v) is 18.3. The molecule has 0 unspecified atom stereocenters. The highest BCUT2D eigenvalue weighted by Gasteiger charge is 2.22. The lowest BCUT2D eigenvalue weighted by molar-refractivity contribution is -0.121. The maximum absolute atomic E-state index is 13.6. The van der Waals surface area contributed by atoms with E-state index in [9.17, 15) is 26.8 Å². The van der Waals surface area contributed by atoms with Crippen LogP contribution < -0.4 is 10.6 Å². The molecule has 0 radical (unpaired) electrons. The molecule has 0 spiro atoms. The first-order valence-electron chi connectivity index (χ1n) is 9.59. The maximum atomic E-state index is 13.6. The van der Waals surface area contributed by atoms with Crippen LogP contribution in [0, 0.1) is 11.6 Å². The minimum atomic E-state index is -3.58. The number of carbonyl (C=O) groups excluding carboxylic acids is 2. The molecule has 168 valence electrons. The van der Waals surface area contributed by atoms with Crippen LogP contribution in [0.1, 0.15) is 36.2 Å². The number of hydrogen-bond donors (Lipinski definition) is 2. The fourth-order valence-corrected chi connectivity index (χ4v) is 3.94. The highest BCUT2D eigenvalue weighted by Crippen LogP contribution is 2.17. The summed E-state index contributed by atoms with van der Waals surface area (Å²) in [6.07, 6.45) is -0.0415. The van der Waals surface area contributed by atoms with Crippen molar-refractivity contribution >= 4 is 21.8 Å². The van der Waals surface area contributed by atoms with Crippen LogP contribution in [0.2, 0.25) is 0 Å². The number of sulfonamides is 1. The Kier molecular flexibility index (Phi) is 8.23. The second-order valence-corrected chi connectivity index (χ2v) is 9.16. The third kappa shape index (κ3) is 6.56. The van der Waals surface area contributed by atoms with E-state index in [2.05, 4.69) is 10.6 Å². The predicted octanol–water partition coefficient (Wildman–Crippen LogP) is 2.43. The number of rotatable bonds is 9. The quantitative estimate of drug-likeness (QED) is 0.610. The molecular weight excluding hydrogens is 428 g/mol. The smallest absolute Gasteiger partial charge is 0.254 e. The minimum absolute atomic E-state index is 0.0276. The van der Waals surface area contributed by atoms with Gasteiger partial charge < -0.3 is 10.6 Å². The van der Waals surface area contributed by atoms with Crippen molar-refractivity contribution in [1.82, 2.24) is 14.9 Å². The van der Waals surface area contributed by atoms with E-state index < -0.39 is 27.6 Å². The summed E-state index contributed by atoms with van der Waals surface area (Å²) in [7, 11) is -2.07. The standard InChI is InChI=1S/C21H25F2N3O4S/c1-14(2)26(3)31(29,30)17-7-4-15(5-8-17)13-25-20(27)10-11-24-21(28)18-9-6-16(22)12-19(18)23/h4-9,12,14H,10-11,13H2,1-3H3,(H,24,28)(H,25,27). The molecule has 2 N–H and O–H groups in total. The summed E-state index contributed by atoms with van der Waals surface area (Å²) < 4.78 is 52.6. The van der Waals surface area contributed by atoms with Gasteiger partial charge in [0.1, 0.15) is 11.6 Å². The predicted molar refractivity (Wildman–Crippen MR) is 112 cm³/mol. The summed E-state index contributed by atoms with van der Waals surface area (Å²) in [6, 6.07) is 8.62. The van der Waals surface area contributed by atoms with Gasteiger partial charge in [0, 0.05) is 38.7 Å². The maximum Gasteiger partial charge on any atom is 0.254 e. The molecule has 0 aromatic heterocycles. The van der Waals surface area contributed by atoms with E-state index in [1.165, 1.54) is 23.5 Å². The molecule has 0 saturated heterocycles. The summed E-state index contributed by atoms with van der Waals surface area (Å²) in [5.41, 5.74) is 0.400. The zero-order valence-electron chi connectivity index (χ0n) is 17.5. The van der Waals surface area contributed by atoms with Crippen molar-refractivity contribution in [3.8, 4) is 0 Å². The highest BCUT2D eigenvalue weighted by atomic mass is 32.2. The van der Waals surface area contributed by atoms with E-state index in [4.69, 9.17) is 0 Å². The van der Waals surface area contributed by atoms with Gasteiger partial charge in [0.25, 0.3) is 5.91 Å². The average Bonchev–Trinajstić information content (AvgIpc) is 2.71. The van der Waals surface area contributed by atoms with Crippen LogP contribution in [0.15, 0.2) is 47.4 Å². The van der Waals surface area contributed by atoms with Gasteiger partial charge in [-0.25, -0.2) is 17.2 Å². The molecule has 2 aromatic rings. The summed E-state index contributed by atoms with van der Waals surface area (Å²) in [5.74, 6) is -2.86. The first-order valence-corrected chi connectivity index (χ1v) is 11.0. The van der Waals surface area contributed by atoms with Crippen LogP contribution in [-0.4, -0.2) is 44.2 Å². The van der Waals surface area contributed by atoms with Gasteiger partial charge in [-0.3, -0.25) is 9.59 Å². The second kappa shape index (κ2) is 10.5. The topological polar surface area (TPSA) is 95.6 Å². The molecule has 31 heavy (non-hydrogen) atoms. The highest BCUT2D eigenvalue weighted by molar-refractivity contribution is 7.89. The van der Waals surface area contributed by atoms with Crippen molar-refractivity contribution < 1.29 is 26.8 Å². The summed E-state index contributed by atoms with van der Waals surface area (Å²) in [5, 5.41) is 5.06. The summed E-state index contributed by atoms with van der Waals surface area (Å²) >= 11 is 0. The monoisotopic (exact) mass is 453 g/mol. The normalized spacial score (nSPS) is 11.6. The van der Waals surface area contributed by atoms with Crippen LogP contribution in [0.3, 0.4) is 0 Å². The van der Waals surface area contributed by atoms with Crippen LogP contribution in [0.25, 0.3) is 0 Å². The second-order valence-electron chi connectivity index (χ2n) is 7.17. The Balaban J connectivity index is 1.81. The molecule has 0 aliphatic carbocycles. The van der Waals surface area contributed by atoms with E-state index in [1.807, 2.05) is 0 Å².